The largest absolute Gasteiger partial charge is 0.474 e. The summed E-state index contributed by atoms with van der Waals surface area (Å²) in [4.78, 5) is 11.2. The lowest BCUT2D eigenvalue weighted by molar-refractivity contribution is -0.00527. The van der Waals surface area contributed by atoms with Crippen molar-refractivity contribution in [3.63, 3.8) is 0 Å². The normalized spacial score (nSPS) is 22.2. The van der Waals surface area contributed by atoms with Gasteiger partial charge in [0.15, 0.2) is 5.88 Å². The SMILES string of the molecule is C=C(OC(C)(C)C)N1CCN(C2=NC(C3CC3)CN2Sc2ccc(C(C)C)cc2)CC1. The number of rotatable bonds is 6. The van der Waals surface area contributed by atoms with Gasteiger partial charge in [0, 0.05) is 31.1 Å². The average Bonchev–Trinajstić information content (AvgIpc) is 3.48. The van der Waals surface area contributed by atoms with Gasteiger partial charge in [-0.15, -0.1) is 0 Å². The van der Waals surface area contributed by atoms with Crippen LogP contribution in [0, 0.1) is 5.92 Å². The smallest absolute Gasteiger partial charge is 0.207 e. The number of guanidine groups is 1. The first-order valence-electron chi connectivity index (χ1n) is 11.7. The molecule has 0 bridgehead atoms. The van der Waals surface area contributed by atoms with Crippen LogP contribution in [-0.4, -0.2) is 64.4 Å². The molecule has 31 heavy (non-hydrogen) atoms. The molecule has 0 radical (unpaired) electrons. The molecule has 2 aliphatic heterocycles. The molecule has 2 fully saturated rings. The van der Waals surface area contributed by atoms with Crippen LogP contribution in [0.15, 0.2) is 46.6 Å². The minimum absolute atomic E-state index is 0.209. The van der Waals surface area contributed by atoms with Gasteiger partial charge >= 0.3 is 0 Å². The lowest BCUT2D eigenvalue weighted by atomic mass is 10.0. The Labute approximate surface area is 192 Å². The van der Waals surface area contributed by atoms with E-state index in [-0.39, 0.29) is 5.60 Å². The van der Waals surface area contributed by atoms with Crippen LogP contribution in [0.4, 0.5) is 0 Å². The number of hydrogen-bond acceptors (Lipinski definition) is 6. The van der Waals surface area contributed by atoms with Gasteiger partial charge in [0.05, 0.1) is 12.6 Å². The van der Waals surface area contributed by atoms with Crippen molar-refractivity contribution in [2.75, 3.05) is 32.7 Å². The minimum Gasteiger partial charge on any atom is -0.474 e. The Kier molecular flexibility index (Phi) is 6.47. The molecule has 1 saturated carbocycles. The Morgan fingerprint density at radius 1 is 1.10 bits per heavy atom. The molecule has 1 saturated heterocycles. The van der Waals surface area contributed by atoms with E-state index in [9.17, 15) is 0 Å². The second-order valence-corrected chi connectivity index (χ2v) is 11.4. The van der Waals surface area contributed by atoms with Crippen molar-refractivity contribution in [3.05, 3.63) is 42.3 Å². The summed E-state index contributed by atoms with van der Waals surface area (Å²) in [6.45, 7) is 19.6. The Morgan fingerprint density at radius 3 is 2.29 bits per heavy atom. The van der Waals surface area contributed by atoms with E-state index >= 15 is 0 Å². The van der Waals surface area contributed by atoms with Crippen LogP contribution in [-0.2, 0) is 4.74 Å². The second-order valence-electron chi connectivity index (χ2n) is 10.3. The molecule has 1 aromatic carbocycles. The number of aliphatic imine (C=N–C) groups is 1. The van der Waals surface area contributed by atoms with Crippen molar-refractivity contribution >= 4 is 17.9 Å². The number of piperazine rings is 1. The molecule has 1 unspecified atom stereocenters. The fourth-order valence-electron chi connectivity index (χ4n) is 4.17. The van der Waals surface area contributed by atoms with Crippen LogP contribution in [0.1, 0.15) is 58.9 Å². The Hall–Kier alpha value is -1.82. The van der Waals surface area contributed by atoms with Gasteiger partial charge in [-0.25, -0.2) is 4.99 Å². The van der Waals surface area contributed by atoms with E-state index in [1.54, 1.807) is 0 Å². The topological polar surface area (TPSA) is 31.3 Å². The summed E-state index contributed by atoms with van der Waals surface area (Å²) < 4.78 is 8.42. The average molecular weight is 443 g/mol. The van der Waals surface area contributed by atoms with E-state index in [2.05, 4.69) is 79.6 Å². The van der Waals surface area contributed by atoms with E-state index < -0.39 is 0 Å². The van der Waals surface area contributed by atoms with Gasteiger partial charge in [0.1, 0.15) is 5.60 Å². The first kappa shape index (κ1) is 22.4. The maximum Gasteiger partial charge on any atom is 0.207 e. The lowest BCUT2D eigenvalue weighted by Crippen LogP contribution is -2.51. The minimum atomic E-state index is -0.209. The van der Waals surface area contributed by atoms with Crippen LogP contribution in [0.5, 0.6) is 0 Å². The number of benzene rings is 1. The zero-order valence-electron chi connectivity index (χ0n) is 19.8. The van der Waals surface area contributed by atoms with Crippen molar-refractivity contribution in [2.24, 2.45) is 10.9 Å². The predicted octanol–water partition coefficient (Wildman–Crippen LogP) is 5.17. The molecule has 0 amide bonds. The molecule has 6 heteroatoms. The molecule has 1 aliphatic carbocycles. The van der Waals surface area contributed by atoms with Gasteiger partial charge in [-0.2, -0.15) is 0 Å². The van der Waals surface area contributed by atoms with Crippen LogP contribution in [0.3, 0.4) is 0 Å². The van der Waals surface area contributed by atoms with Gasteiger partial charge in [-0.05, 0) is 81.7 Å². The summed E-state index contributed by atoms with van der Waals surface area (Å²) in [7, 11) is 0. The summed E-state index contributed by atoms with van der Waals surface area (Å²) >= 11 is 1.84. The molecular weight excluding hydrogens is 404 g/mol. The van der Waals surface area contributed by atoms with Crippen molar-refractivity contribution in [3.8, 4) is 0 Å². The third-order valence-electron chi connectivity index (χ3n) is 6.12. The standard InChI is InChI=1S/C25H38N4OS/c1-18(2)20-9-11-22(12-10-20)31-29-17-23(21-7-8-21)26-24(29)28-15-13-27(14-16-28)19(3)30-25(4,5)6/h9-12,18,21,23H,3,7-8,13-17H2,1-2,4-6H3. The number of hydrogen-bond donors (Lipinski definition) is 0. The fourth-order valence-corrected chi connectivity index (χ4v) is 5.16. The monoisotopic (exact) mass is 442 g/mol. The quantitative estimate of drug-likeness (QED) is 0.448. The van der Waals surface area contributed by atoms with Gasteiger partial charge < -0.3 is 14.5 Å². The third kappa shape index (κ3) is 5.71. The van der Waals surface area contributed by atoms with E-state index in [0.29, 0.717) is 12.0 Å². The first-order chi connectivity index (χ1) is 14.7. The van der Waals surface area contributed by atoms with E-state index in [1.807, 2.05) is 11.9 Å². The molecule has 0 N–H and O–H groups in total. The molecular formula is C25H38N4OS. The van der Waals surface area contributed by atoms with Crippen molar-refractivity contribution in [1.82, 2.24) is 14.1 Å². The highest BCUT2D eigenvalue weighted by Crippen LogP contribution is 2.40. The van der Waals surface area contributed by atoms with E-state index in [1.165, 1.54) is 23.3 Å². The highest BCUT2D eigenvalue weighted by Gasteiger charge is 2.39. The van der Waals surface area contributed by atoms with Gasteiger partial charge in [0.25, 0.3) is 0 Å². The summed E-state index contributed by atoms with van der Waals surface area (Å²) in [6, 6.07) is 9.49. The van der Waals surface area contributed by atoms with Crippen LogP contribution < -0.4 is 0 Å². The van der Waals surface area contributed by atoms with Crippen molar-refractivity contribution in [1.29, 1.82) is 0 Å². The highest BCUT2D eigenvalue weighted by atomic mass is 32.2. The molecule has 1 atom stereocenters. The van der Waals surface area contributed by atoms with Crippen molar-refractivity contribution in [2.45, 2.75) is 69.9 Å². The molecule has 3 aliphatic rings. The second kappa shape index (κ2) is 8.97. The molecule has 0 spiro atoms. The zero-order chi connectivity index (χ0) is 22.2. The summed E-state index contributed by atoms with van der Waals surface area (Å²) in [5, 5.41) is 0. The van der Waals surface area contributed by atoms with E-state index in [4.69, 9.17) is 9.73 Å². The predicted molar refractivity (Wildman–Crippen MR) is 130 cm³/mol. The molecule has 5 nitrogen and oxygen atoms in total. The first-order valence-corrected chi connectivity index (χ1v) is 12.5. The molecule has 1 aromatic rings. The van der Waals surface area contributed by atoms with E-state index in [0.717, 1.165) is 50.5 Å². The van der Waals surface area contributed by atoms with Gasteiger partial charge in [-0.3, -0.25) is 4.31 Å². The van der Waals surface area contributed by atoms with Crippen LogP contribution in [0.25, 0.3) is 0 Å². The lowest BCUT2D eigenvalue weighted by Gasteiger charge is -2.40. The van der Waals surface area contributed by atoms with Crippen LogP contribution in [0.2, 0.25) is 0 Å². The van der Waals surface area contributed by atoms with Gasteiger partial charge in [-0.1, -0.05) is 26.0 Å². The Balaban J connectivity index is 1.40. The Morgan fingerprint density at radius 2 is 1.74 bits per heavy atom. The van der Waals surface area contributed by atoms with Gasteiger partial charge in [0.2, 0.25) is 5.96 Å². The molecule has 0 aromatic heterocycles. The van der Waals surface area contributed by atoms with Crippen molar-refractivity contribution < 1.29 is 4.74 Å². The zero-order valence-corrected chi connectivity index (χ0v) is 20.6. The Bertz CT molecular complexity index is 802. The molecule has 4 rings (SSSR count). The fraction of sp³-hybridized carbons (Fsp3) is 0.640. The highest BCUT2D eigenvalue weighted by molar-refractivity contribution is 7.97. The summed E-state index contributed by atoms with van der Waals surface area (Å²) in [5.41, 5.74) is 1.18. The summed E-state index contributed by atoms with van der Waals surface area (Å²) in [5.74, 6) is 3.30. The number of ether oxygens (including phenoxy) is 1. The number of nitrogens with zero attached hydrogens (tertiary/aromatic N) is 4. The molecule has 170 valence electrons. The third-order valence-corrected chi connectivity index (χ3v) is 7.14. The molecule has 2 heterocycles. The van der Waals surface area contributed by atoms with Crippen LogP contribution >= 0.6 is 11.9 Å². The maximum absolute atomic E-state index is 5.99. The summed E-state index contributed by atoms with van der Waals surface area (Å²) in [6.07, 6.45) is 2.67. The maximum atomic E-state index is 5.99.